The summed E-state index contributed by atoms with van der Waals surface area (Å²) in [5.74, 6) is 0. The largest absolute Gasteiger partial charge is 0.311 e. The number of hydrogen-bond acceptors (Lipinski definition) is 2. The van der Waals surface area contributed by atoms with Crippen molar-refractivity contribution in [1.82, 2.24) is 0 Å². The van der Waals surface area contributed by atoms with Gasteiger partial charge < -0.3 is 9.80 Å². The van der Waals surface area contributed by atoms with E-state index in [-0.39, 0.29) is 0 Å². The minimum Gasteiger partial charge on any atom is -0.311 e. The number of fused-ring (bicyclic) bond motifs is 8. The summed E-state index contributed by atoms with van der Waals surface area (Å²) in [7, 11) is 0. The highest BCUT2D eigenvalue weighted by molar-refractivity contribution is 6.17. The minimum atomic E-state index is 0.997. The Bertz CT molecular complexity index is 3850. The molecule has 12 aromatic rings. The lowest BCUT2D eigenvalue weighted by Crippen LogP contribution is -2.09. The Balaban J connectivity index is 0.803. The fraction of sp³-hybridized carbons (Fsp3) is 0.0286. The van der Waals surface area contributed by atoms with Crippen LogP contribution >= 0.6 is 0 Å². The van der Waals surface area contributed by atoms with Crippen LogP contribution in [0.4, 0.5) is 34.1 Å². The molecule has 0 saturated carbocycles. The molecule has 2 heteroatoms. The van der Waals surface area contributed by atoms with Crippen LogP contribution in [0.15, 0.2) is 279 Å². The third-order valence-electron chi connectivity index (χ3n) is 14.6. The maximum absolute atomic E-state index is 2.44. The molecular formula is C70H50N2. The Morgan fingerprint density at radius 1 is 0.222 bits per heavy atom. The Labute approximate surface area is 422 Å². The van der Waals surface area contributed by atoms with Gasteiger partial charge >= 0.3 is 0 Å². The van der Waals surface area contributed by atoms with E-state index in [1.165, 1.54) is 88.3 Å². The first-order chi connectivity index (χ1) is 35.7. The second-order valence-corrected chi connectivity index (χ2v) is 18.8. The fourth-order valence-electron chi connectivity index (χ4n) is 11.0. The zero-order valence-electron chi connectivity index (χ0n) is 39.9. The molecule has 0 saturated heterocycles. The van der Waals surface area contributed by atoms with Gasteiger partial charge in [-0.15, -0.1) is 0 Å². The molecule has 2 nitrogen and oxygen atoms in total. The smallest absolute Gasteiger partial charge is 0.0462 e. The van der Waals surface area contributed by atoms with Crippen molar-refractivity contribution in [3.63, 3.8) is 0 Å². The first kappa shape index (κ1) is 42.8. The highest BCUT2D eigenvalue weighted by atomic mass is 15.1. The Kier molecular flexibility index (Phi) is 11.1. The Morgan fingerprint density at radius 3 is 1.04 bits per heavy atom. The molecule has 0 fully saturated rings. The van der Waals surface area contributed by atoms with E-state index in [1.54, 1.807) is 0 Å². The van der Waals surface area contributed by atoms with Crippen LogP contribution in [0.25, 0.3) is 77.2 Å². The second-order valence-electron chi connectivity index (χ2n) is 18.8. The van der Waals surface area contributed by atoms with Gasteiger partial charge in [0.2, 0.25) is 0 Å². The molecule has 0 heterocycles. The highest BCUT2D eigenvalue weighted by Gasteiger charge is 2.23. The monoisotopic (exact) mass is 918 g/mol. The first-order valence-corrected chi connectivity index (χ1v) is 25.0. The van der Waals surface area contributed by atoms with Gasteiger partial charge in [0.05, 0.1) is 0 Å². The molecule has 0 aromatic heterocycles. The summed E-state index contributed by atoms with van der Waals surface area (Å²) in [6.07, 6.45) is 2.00. The maximum atomic E-state index is 2.44. The molecule has 72 heavy (non-hydrogen) atoms. The standard InChI is InChI=1S/C70H50N2/c1-5-15-49(16-6-1)51-25-36-60(37-26-51)71(58-19-9-3-10-20-58)62-40-29-53(30-41-62)55-33-44-64-57(47-55)35-46-68-66-45-34-56(48-69(66)65-23-13-14-24-67(65)70(64)68)54-31-42-63(43-32-54)72(59-21-11-4-12-22-59)61-38-27-52(28-39-61)50-17-7-2-8-18-50/h1-34,36-45,47-48H,35,46H2. The molecule has 0 bridgehead atoms. The third kappa shape index (κ3) is 7.99. The molecule has 12 aromatic carbocycles. The average Bonchev–Trinajstić information content (AvgIpc) is 3.46. The molecule has 0 radical (unpaired) electrons. The zero-order chi connectivity index (χ0) is 47.8. The number of hydrogen-bond donors (Lipinski definition) is 0. The number of anilines is 6. The lowest BCUT2D eigenvalue weighted by molar-refractivity contribution is 0.954. The lowest BCUT2D eigenvalue weighted by Gasteiger charge is -2.26. The molecule has 0 N–H and O–H groups in total. The van der Waals surface area contributed by atoms with Crippen molar-refractivity contribution in [3.05, 3.63) is 290 Å². The lowest BCUT2D eigenvalue weighted by atomic mass is 9.78. The van der Waals surface area contributed by atoms with E-state index in [1.807, 2.05) is 0 Å². The van der Waals surface area contributed by atoms with E-state index in [2.05, 4.69) is 289 Å². The number of para-hydroxylation sites is 2. The van der Waals surface area contributed by atoms with E-state index in [9.17, 15) is 0 Å². The van der Waals surface area contributed by atoms with Crippen LogP contribution < -0.4 is 9.80 Å². The van der Waals surface area contributed by atoms with Crippen LogP contribution in [0.5, 0.6) is 0 Å². The fourth-order valence-corrected chi connectivity index (χ4v) is 11.0. The Hall–Kier alpha value is -9.24. The highest BCUT2D eigenvalue weighted by Crippen LogP contribution is 2.46. The van der Waals surface area contributed by atoms with Gasteiger partial charge in [0.1, 0.15) is 0 Å². The van der Waals surface area contributed by atoms with Gasteiger partial charge in [-0.05, 0) is 180 Å². The second kappa shape index (κ2) is 18.6. The predicted molar refractivity (Wildman–Crippen MR) is 305 cm³/mol. The van der Waals surface area contributed by atoms with Crippen molar-refractivity contribution in [2.75, 3.05) is 9.80 Å². The van der Waals surface area contributed by atoms with Crippen molar-refractivity contribution in [3.8, 4) is 55.6 Å². The van der Waals surface area contributed by atoms with Crippen LogP contribution in [-0.4, -0.2) is 0 Å². The first-order valence-electron chi connectivity index (χ1n) is 25.0. The molecule has 0 atom stereocenters. The van der Waals surface area contributed by atoms with Gasteiger partial charge in [-0.25, -0.2) is 0 Å². The van der Waals surface area contributed by atoms with Crippen molar-refractivity contribution >= 4 is 55.7 Å². The molecule has 1 aliphatic rings. The van der Waals surface area contributed by atoms with Gasteiger partial charge in [0, 0.05) is 34.1 Å². The zero-order valence-corrected chi connectivity index (χ0v) is 39.9. The van der Waals surface area contributed by atoms with E-state index >= 15 is 0 Å². The molecule has 0 amide bonds. The maximum Gasteiger partial charge on any atom is 0.0462 e. The molecule has 1 aliphatic carbocycles. The van der Waals surface area contributed by atoms with Crippen LogP contribution in [0, 0.1) is 0 Å². The molecule has 0 spiro atoms. The predicted octanol–water partition coefficient (Wildman–Crippen LogP) is 19.4. The number of aryl methyl sites for hydroxylation is 2. The van der Waals surface area contributed by atoms with Crippen LogP contribution in [-0.2, 0) is 12.8 Å². The van der Waals surface area contributed by atoms with Gasteiger partial charge in [0.25, 0.3) is 0 Å². The summed E-state index contributed by atoms with van der Waals surface area (Å²) in [5.41, 5.74) is 22.1. The summed E-state index contributed by atoms with van der Waals surface area (Å²) in [6.45, 7) is 0. The van der Waals surface area contributed by atoms with Crippen LogP contribution in [0.1, 0.15) is 11.1 Å². The quantitative estimate of drug-likeness (QED) is 0.126. The number of nitrogens with zero attached hydrogens (tertiary/aromatic N) is 2. The van der Waals surface area contributed by atoms with Gasteiger partial charge in [0.15, 0.2) is 0 Å². The molecule has 13 rings (SSSR count). The van der Waals surface area contributed by atoms with Crippen molar-refractivity contribution in [2.45, 2.75) is 12.8 Å². The third-order valence-corrected chi connectivity index (χ3v) is 14.6. The minimum absolute atomic E-state index is 0.997. The van der Waals surface area contributed by atoms with Crippen LogP contribution in [0.2, 0.25) is 0 Å². The summed E-state index contributed by atoms with van der Waals surface area (Å²) in [5, 5.41) is 5.28. The van der Waals surface area contributed by atoms with Gasteiger partial charge in [-0.3, -0.25) is 0 Å². The van der Waals surface area contributed by atoms with E-state index in [0.717, 1.165) is 47.0 Å². The molecular weight excluding hydrogens is 869 g/mol. The van der Waals surface area contributed by atoms with Gasteiger partial charge in [-0.2, -0.15) is 0 Å². The molecule has 340 valence electrons. The van der Waals surface area contributed by atoms with E-state index in [4.69, 9.17) is 0 Å². The summed E-state index contributed by atoms with van der Waals surface area (Å²) in [6, 6.07) is 102. The van der Waals surface area contributed by atoms with E-state index in [0.29, 0.717) is 0 Å². The summed E-state index contributed by atoms with van der Waals surface area (Å²) >= 11 is 0. The van der Waals surface area contributed by atoms with Crippen molar-refractivity contribution in [2.24, 2.45) is 0 Å². The summed E-state index contributed by atoms with van der Waals surface area (Å²) < 4.78 is 0. The van der Waals surface area contributed by atoms with Crippen LogP contribution in [0.3, 0.4) is 0 Å². The van der Waals surface area contributed by atoms with Gasteiger partial charge in [-0.1, -0.05) is 200 Å². The average molecular weight is 919 g/mol. The normalized spacial score (nSPS) is 11.8. The molecule has 0 aliphatic heterocycles. The van der Waals surface area contributed by atoms with Crippen molar-refractivity contribution < 1.29 is 0 Å². The Morgan fingerprint density at radius 2 is 0.569 bits per heavy atom. The number of benzene rings is 12. The van der Waals surface area contributed by atoms with Crippen molar-refractivity contribution in [1.29, 1.82) is 0 Å². The number of rotatable bonds is 10. The van der Waals surface area contributed by atoms with E-state index < -0.39 is 0 Å². The topological polar surface area (TPSA) is 6.48 Å². The molecule has 0 unspecified atom stereocenters. The summed E-state index contributed by atoms with van der Waals surface area (Å²) in [4.78, 5) is 4.67. The SMILES string of the molecule is c1ccc(-c2ccc(N(c3ccccc3)c3ccc(-c4ccc5c(c4)CCc4c-5c5ccccc5c5cc(-c6ccc(N(c7ccccc7)c7ccc(-c8ccccc8)cc7)cc6)ccc45)cc3)cc2)cc1.